The van der Waals surface area contributed by atoms with Gasteiger partial charge in [-0.25, -0.2) is 18.4 Å². The van der Waals surface area contributed by atoms with Crippen molar-refractivity contribution in [1.29, 1.82) is 0 Å². The number of morpholine rings is 2. The number of ketones is 2. The number of amides is 5. The molecule has 0 unspecified atom stereocenters. The minimum Gasteiger partial charge on any atom is -0.378 e. The second-order valence-electron chi connectivity index (χ2n) is 21.1. The molecule has 0 atom stereocenters. The van der Waals surface area contributed by atoms with Gasteiger partial charge in [-0.3, -0.25) is 14.4 Å². The van der Waals surface area contributed by atoms with Crippen LogP contribution in [0.15, 0.2) is 36.4 Å². The minimum absolute atomic E-state index is 0.00626. The van der Waals surface area contributed by atoms with Crippen LogP contribution in [0.3, 0.4) is 0 Å². The molecule has 2 saturated heterocycles. The summed E-state index contributed by atoms with van der Waals surface area (Å²) in [6.45, 7) is 3.35. The molecule has 13 nitrogen and oxygen atoms in total. The molecule has 0 radical (unpaired) electrons. The van der Waals surface area contributed by atoms with Crippen molar-refractivity contribution in [3.8, 4) is 0 Å². The van der Waals surface area contributed by atoms with Crippen LogP contribution in [0.4, 0.5) is 31.5 Å². The number of carbonyl (C=O) groups is 5. The molecule has 12 rings (SSSR count). The smallest absolute Gasteiger partial charge is 0.378 e. The van der Waals surface area contributed by atoms with Gasteiger partial charge in [-0.15, -0.1) is 0 Å². The highest BCUT2D eigenvalue weighted by Crippen LogP contribution is 2.59. The number of ether oxygens (including phenoxy) is 2. The van der Waals surface area contributed by atoms with E-state index in [9.17, 15) is 37.1 Å². The molecule has 8 aliphatic carbocycles. The van der Waals surface area contributed by atoms with E-state index in [1.165, 1.54) is 62.0 Å². The fourth-order valence-corrected chi connectivity index (χ4v) is 14.0. The van der Waals surface area contributed by atoms with Gasteiger partial charge in [-0.2, -0.15) is 13.2 Å². The van der Waals surface area contributed by atoms with Gasteiger partial charge in [0.15, 0.2) is 11.6 Å². The van der Waals surface area contributed by atoms with Crippen molar-refractivity contribution < 1.29 is 55.4 Å². The molecule has 68 heavy (non-hydrogen) atoms. The van der Waals surface area contributed by atoms with Gasteiger partial charge in [0.05, 0.1) is 52.6 Å². The molecule has 0 aromatic heterocycles. The number of nitrogens with two attached hydrogens (primary N) is 1. The van der Waals surface area contributed by atoms with Crippen LogP contribution in [0.1, 0.15) is 109 Å². The summed E-state index contributed by atoms with van der Waals surface area (Å²) in [5.41, 5.74) is 5.76. The molecule has 8 saturated carbocycles. The SMILES string of the molecule is NCC(=O)c1ccc(CN(C(=O)N2CCOCC2)C23CC4CC(CC(C4)C2)C3)c(F)c1.O=C(CNC(=O)C(F)(F)F)c1ccc(CN(C(=O)N2CCOCC2)C23CC4CC(CC(C4)C2)C3)c(F)c1. The number of alkyl halides is 3. The monoisotopic (exact) mass is 954 g/mol. The van der Waals surface area contributed by atoms with Gasteiger partial charge in [-0.1, -0.05) is 24.3 Å². The van der Waals surface area contributed by atoms with Crippen molar-refractivity contribution in [2.75, 3.05) is 65.7 Å². The number of benzene rings is 2. The molecule has 10 aliphatic rings. The van der Waals surface area contributed by atoms with Crippen molar-refractivity contribution >= 4 is 29.5 Å². The van der Waals surface area contributed by atoms with E-state index in [-0.39, 0.29) is 65.2 Å². The maximum atomic E-state index is 15.2. The third-order valence-corrected chi connectivity index (χ3v) is 16.4. The van der Waals surface area contributed by atoms with Crippen molar-refractivity contribution in [3.63, 3.8) is 0 Å². The fraction of sp³-hybridized carbons (Fsp3) is 0.660. The van der Waals surface area contributed by atoms with Crippen molar-refractivity contribution in [2.24, 2.45) is 41.2 Å². The van der Waals surface area contributed by atoms with Crippen LogP contribution in [-0.2, 0) is 27.4 Å². The van der Waals surface area contributed by atoms with Crippen molar-refractivity contribution in [2.45, 2.75) is 107 Å². The van der Waals surface area contributed by atoms with Gasteiger partial charge in [0, 0.05) is 59.5 Å². The normalized spacial score (nSPS) is 30.1. The standard InChI is InChI=1S/C26H31F4N3O4.C24H32FN3O3/c27-21-10-19(22(34)14-31-23(35)26(28,29)30)1-2-20(21)15-33(24(36)32-3-5-37-6-4-32)25-11-16-7-17(12-25)9-18(8-16)13-25;25-21-10-19(22(29)14-26)1-2-20(21)15-28(23(30)27-3-5-31-6-4-27)24-11-16-7-17(12-24)9-18(8-16)13-24/h1-2,10,16-18H,3-9,11-15H2,(H,31,35);1-2,10,16-18H,3-9,11-15,26H2. The maximum absolute atomic E-state index is 15.2. The Morgan fingerprint density at radius 2 is 0.956 bits per heavy atom. The summed E-state index contributed by atoms with van der Waals surface area (Å²) < 4.78 is 78.3. The van der Waals surface area contributed by atoms with E-state index in [0.717, 1.165) is 44.6 Å². The molecule has 2 aromatic carbocycles. The molecule has 18 heteroatoms. The Bertz CT molecular complexity index is 2180. The Morgan fingerprint density at radius 3 is 1.28 bits per heavy atom. The van der Waals surface area contributed by atoms with Crippen LogP contribution in [-0.4, -0.2) is 132 Å². The Kier molecular flexibility index (Phi) is 13.9. The highest BCUT2D eigenvalue weighted by Gasteiger charge is 2.57. The average Bonchev–Trinajstić information content (AvgIpc) is 3.31. The molecular formula is C50H63F5N6O7. The summed E-state index contributed by atoms with van der Waals surface area (Å²) in [4.78, 5) is 70.2. The minimum atomic E-state index is -5.11. The van der Waals surface area contributed by atoms with Crippen molar-refractivity contribution in [3.05, 3.63) is 70.3 Å². The second-order valence-corrected chi connectivity index (χ2v) is 21.1. The number of Topliss-reactive ketones (excluding diaryl/α,β-unsaturated/α-hetero) is 2. The number of urea groups is 2. The van der Waals surface area contributed by atoms with E-state index in [4.69, 9.17) is 15.2 Å². The van der Waals surface area contributed by atoms with Gasteiger partial charge in [0.1, 0.15) is 11.6 Å². The van der Waals surface area contributed by atoms with Crippen LogP contribution in [0.5, 0.6) is 0 Å². The number of hydrogen-bond donors (Lipinski definition) is 2. The van der Waals surface area contributed by atoms with Crippen LogP contribution in [0.25, 0.3) is 0 Å². The van der Waals surface area contributed by atoms with E-state index in [2.05, 4.69) is 0 Å². The van der Waals surface area contributed by atoms with Gasteiger partial charge < -0.3 is 40.1 Å². The van der Waals surface area contributed by atoms with Gasteiger partial charge in [0.25, 0.3) is 0 Å². The zero-order valence-corrected chi connectivity index (χ0v) is 38.5. The Morgan fingerprint density at radius 1 is 0.603 bits per heavy atom. The number of carbonyl (C=O) groups excluding carboxylic acids is 5. The average molecular weight is 955 g/mol. The van der Waals surface area contributed by atoms with Crippen LogP contribution in [0, 0.1) is 47.1 Å². The number of hydrogen-bond acceptors (Lipinski definition) is 8. The summed E-state index contributed by atoms with van der Waals surface area (Å²) in [7, 11) is 0. The highest BCUT2D eigenvalue weighted by molar-refractivity contribution is 6.00. The van der Waals surface area contributed by atoms with E-state index >= 15 is 8.78 Å². The first-order chi connectivity index (χ1) is 32.5. The molecule has 0 spiro atoms. The molecule has 2 aliphatic heterocycles. The van der Waals surface area contributed by atoms with E-state index in [1.54, 1.807) is 17.0 Å². The Labute approximate surface area is 393 Å². The lowest BCUT2D eigenvalue weighted by atomic mass is 9.52. The molecule has 2 heterocycles. The lowest BCUT2D eigenvalue weighted by Gasteiger charge is -2.60. The third kappa shape index (κ3) is 10.1. The predicted octanol–water partition coefficient (Wildman–Crippen LogP) is 7.10. The highest BCUT2D eigenvalue weighted by atomic mass is 19.4. The summed E-state index contributed by atoms with van der Waals surface area (Å²) in [6.07, 6.45) is 8.11. The molecule has 3 N–H and O–H groups in total. The lowest BCUT2D eigenvalue weighted by Crippen LogP contribution is -2.64. The Hall–Kier alpha value is -4.68. The first kappa shape index (κ1) is 48.3. The molecule has 2 aromatic rings. The molecule has 10 fully saturated rings. The number of halogens is 5. The summed E-state index contributed by atoms with van der Waals surface area (Å²) in [5, 5.41) is 1.51. The summed E-state index contributed by atoms with van der Waals surface area (Å²) in [5.74, 6) is -0.749. The number of nitrogens with one attached hydrogen (secondary N) is 1. The van der Waals surface area contributed by atoms with Gasteiger partial charge >= 0.3 is 24.1 Å². The van der Waals surface area contributed by atoms with E-state index in [1.807, 2.05) is 14.7 Å². The van der Waals surface area contributed by atoms with Crippen molar-refractivity contribution in [1.82, 2.24) is 24.9 Å². The quantitative estimate of drug-likeness (QED) is 0.179. The maximum Gasteiger partial charge on any atom is 0.471 e. The predicted molar refractivity (Wildman–Crippen MR) is 238 cm³/mol. The molecular weight excluding hydrogens is 892 g/mol. The molecule has 370 valence electrons. The molecule has 5 amide bonds. The Balaban J connectivity index is 0.000000172. The zero-order chi connectivity index (χ0) is 48.0. The number of nitrogens with zero attached hydrogens (tertiary/aromatic N) is 4. The number of rotatable bonds is 11. The third-order valence-electron chi connectivity index (χ3n) is 16.4. The first-order valence-corrected chi connectivity index (χ1v) is 24.5. The van der Waals surface area contributed by atoms with E-state index in [0.29, 0.717) is 93.7 Å². The largest absolute Gasteiger partial charge is 0.471 e. The zero-order valence-electron chi connectivity index (χ0n) is 38.5. The van der Waals surface area contributed by atoms with E-state index < -0.39 is 36.0 Å². The first-order valence-electron chi connectivity index (χ1n) is 24.5. The van der Waals surface area contributed by atoms with Crippen LogP contribution < -0.4 is 11.1 Å². The topological polar surface area (TPSA) is 155 Å². The second kappa shape index (κ2) is 19.6. The van der Waals surface area contributed by atoms with Crippen LogP contribution in [0.2, 0.25) is 0 Å². The summed E-state index contributed by atoms with van der Waals surface area (Å²) >= 11 is 0. The van der Waals surface area contributed by atoms with Gasteiger partial charge in [0.2, 0.25) is 0 Å². The lowest BCUT2D eigenvalue weighted by molar-refractivity contribution is -0.173. The van der Waals surface area contributed by atoms with Crippen LogP contribution >= 0.6 is 0 Å². The van der Waals surface area contributed by atoms with Gasteiger partial charge in [-0.05, 0) is 125 Å². The fourth-order valence-electron chi connectivity index (χ4n) is 14.0. The summed E-state index contributed by atoms with van der Waals surface area (Å²) in [6, 6.07) is 8.14. The molecule has 8 bridgehead atoms.